The molecular formula is C15H14ClNO2. The minimum absolute atomic E-state index is 0.135. The van der Waals surface area contributed by atoms with Gasteiger partial charge >= 0.3 is 0 Å². The second-order valence-corrected chi connectivity index (χ2v) is 4.66. The van der Waals surface area contributed by atoms with Crippen LogP contribution in [0.25, 0.3) is 0 Å². The minimum atomic E-state index is -0.262. The molecule has 2 N–H and O–H groups in total. The summed E-state index contributed by atoms with van der Waals surface area (Å²) in [5.41, 5.74) is 1.46. The number of halogens is 1. The van der Waals surface area contributed by atoms with E-state index in [1.807, 2.05) is 30.3 Å². The molecule has 1 amide bonds. The van der Waals surface area contributed by atoms with Crippen LogP contribution in [0, 0.1) is 0 Å². The SMILES string of the molecule is O=C(NCC(Cl)c1ccccc1)c1ccc(O)cc1. The van der Waals surface area contributed by atoms with Crippen molar-refractivity contribution in [2.75, 3.05) is 6.54 Å². The van der Waals surface area contributed by atoms with Crippen LogP contribution in [0.1, 0.15) is 21.3 Å². The fourth-order valence-electron chi connectivity index (χ4n) is 1.68. The molecule has 0 aromatic heterocycles. The van der Waals surface area contributed by atoms with Crippen molar-refractivity contribution in [1.29, 1.82) is 0 Å². The molecule has 0 aliphatic rings. The topological polar surface area (TPSA) is 49.3 Å². The Hall–Kier alpha value is -2.00. The number of benzene rings is 2. The maximum absolute atomic E-state index is 11.8. The number of alkyl halides is 1. The van der Waals surface area contributed by atoms with Gasteiger partial charge < -0.3 is 10.4 Å². The van der Waals surface area contributed by atoms with Gasteiger partial charge in [0.2, 0.25) is 0 Å². The molecule has 0 aliphatic carbocycles. The van der Waals surface area contributed by atoms with Crippen molar-refractivity contribution in [3.8, 4) is 5.75 Å². The lowest BCUT2D eigenvalue weighted by Gasteiger charge is -2.11. The molecule has 0 saturated heterocycles. The number of amides is 1. The Labute approximate surface area is 116 Å². The third-order valence-corrected chi connectivity index (χ3v) is 3.14. The van der Waals surface area contributed by atoms with Crippen LogP contribution in [0.5, 0.6) is 5.75 Å². The van der Waals surface area contributed by atoms with Crippen molar-refractivity contribution in [2.45, 2.75) is 5.38 Å². The number of nitrogens with one attached hydrogen (secondary N) is 1. The van der Waals surface area contributed by atoms with E-state index in [-0.39, 0.29) is 17.0 Å². The van der Waals surface area contributed by atoms with Gasteiger partial charge in [0.05, 0.1) is 5.38 Å². The highest BCUT2D eigenvalue weighted by Crippen LogP contribution is 2.18. The van der Waals surface area contributed by atoms with E-state index in [1.54, 1.807) is 12.1 Å². The molecule has 1 atom stereocenters. The van der Waals surface area contributed by atoms with Crippen molar-refractivity contribution in [3.05, 3.63) is 65.7 Å². The Morgan fingerprint density at radius 3 is 2.37 bits per heavy atom. The molecule has 3 nitrogen and oxygen atoms in total. The first kappa shape index (κ1) is 13.4. The third-order valence-electron chi connectivity index (χ3n) is 2.73. The van der Waals surface area contributed by atoms with E-state index >= 15 is 0 Å². The Balaban J connectivity index is 1.92. The number of phenolic OH excluding ortho intramolecular Hbond substituents is 1. The Morgan fingerprint density at radius 2 is 1.74 bits per heavy atom. The molecule has 4 heteroatoms. The molecule has 98 valence electrons. The summed E-state index contributed by atoms with van der Waals surface area (Å²) in [6, 6.07) is 15.7. The summed E-state index contributed by atoms with van der Waals surface area (Å²) in [6.45, 7) is 0.352. The van der Waals surface area contributed by atoms with Gasteiger partial charge in [-0.05, 0) is 29.8 Å². The minimum Gasteiger partial charge on any atom is -0.508 e. The summed E-state index contributed by atoms with van der Waals surface area (Å²) < 4.78 is 0. The summed E-state index contributed by atoms with van der Waals surface area (Å²) in [7, 11) is 0. The average Bonchev–Trinajstić information content (AvgIpc) is 2.46. The van der Waals surface area contributed by atoms with Crippen molar-refractivity contribution in [3.63, 3.8) is 0 Å². The molecule has 0 spiro atoms. The van der Waals surface area contributed by atoms with Gasteiger partial charge in [-0.1, -0.05) is 30.3 Å². The second-order valence-electron chi connectivity index (χ2n) is 4.14. The average molecular weight is 276 g/mol. The Kier molecular flexibility index (Phi) is 4.42. The first-order valence-electron chi connectivity index (χ1n) is 5.93. The van der Waals surface area contributed by atoms with Crippen molar-refractivity contribution in [2.24, 2.45) is 0 Å². The van der Waals surface area contributed by atoms with Gasteiger partial charge in [-0.3, -0.25) is 4.79 Å². The van der Waals surface area contributed by atoms with Gasteiger partial charge in [-0.25, -0.2) is 0 Å². The van der Waals surface area contributed by atoms with Crippen LogP contribution in [0.15, 0.2) is 54.6 Å². The molecule has 2 aromatic carbocycles. The summed E-state index contributed by atoms with van der Waals surface area (Å²) in [4.78, 5) is 11.8. The fraction of sp³-hybridized carbons (Fsp3) is 0.133. The van der Waals surface area contributed by atoms with Crippen LogP contribution in [-0.2, 0) is 0 Å². The maximum atomic E-state index is 11.8. The smallest absolute Gasteiger partial charge is 0.251 e. The van der Waals surface area contributed by atoms with E-state index in [0.717, 1.165) is 5.56 Å². The van der Waals surface area contributed by atoms with Crippen LogP contribution in [-0.4, -0.2) is 17.6 Å². The monoisotopic (exact) mass is 275 g/mol. The Morgan fingerprint density at radius 1 is 1.11 bits per heavy atom. The van der Waals surface area contributed by atoms with Gasteiger partial charge in [0.25, 0.3) is 5.91 Å². The summed E-state index contributed by atoms with van der Waals surface area (Å²) >= 11 is 6.21. The molecular weight excluding hydrogens is 262 g/mol. The van der Waals surface area contributed by atoms with Crippen LogP contribution >= 0.6 is 11.6 Å². The number of hydrogen-bond acceptors (Lipinski definition) is 2. The molecule has 0 radical (unpaired) electrons. The lowest BCUT2D eigenvalue weighted by Crippen LogP contribution is -2.26. The van der Waals surface area contributed by atoms with E-state index in [9.17, 15) is 4.79 Å². The molecule has 0 fully saturated rings. The number of carbonyl (C=O) groups excluding carboxylic acids is 1. The fourth-order valence-corrected chi connectivity index (χ4v) is 1.90. The normalized spacial score (nSPS) is 11.8. The van der Waals surface area contributed by atoms with E-state index < -0.39 is 0 Å². The number of carbonyl (C=O) groups is 1. The predicted octanol–water partition coefficient (Wildman–Crippen LogP) is 3.10. The molecule has 0 aliphatic heterocycles. The Bertz CT molecular complexity index is 540. The predicted molar refractivity (Wildman–Crippen MR) is 75.5 cm³/mol. The summed E-state index contributed by atoms with van der Waals surface area (Å²) in [5, 5.41) is 11.7. The first-order chi connectivity index (χ1) is 9.16. The quantitative estimate of drug-likeness (QED) is 0.843. The van der Waals surface area contributed by atoms with Crippen LogP contribution in [0.3, 0.4) is 0 Å². The highest BCUT2D eigenvalue weighted by Gasteiger charge is 2.10. The largest absolute Gasteiger partial charge is 0.508 e. The summed E-state index contributed by atoms with van der Waals surface area (Å²) in [6.07, 6.45) is 0. The molecule has 2 rings (SSSR count). The van der Waals surface area contributed by atoms with Gasteiger partial charge in [0.15, 0.2) is 0 Å². The van der Waals surface area contributed by atoms with Crippen molar-refractivity contribution >= 4 is 17.5 Å². The van der Waals surface area contributed by atoms with Gasteiger partial charge in [0.1, 0.15) is 5.75 Å². The van der Waals surface area contributed by atoms with Crippen molar-refractivity contribution < 1.29 is 9.90 Å². The van der Waals surface area contributed by atoms with Crippen LogP contribution in [0.4, 0.5) is 0 Å². The second kappa shape index (κ2) is 6.25. The standard InChI is InChI=1S/C15H14ClNO2/c16-14(11-4-2-1-3-5-11)10-17-15(19)12-6-8-13(18)9-7-12/h1-9,14,18H,10H2,(H,17,19). The molecule has 0 bridgehead atoms. The number of rotatable bonds is 4. The van der Waals surface area contributed by atoms with Crippen LogP contribution in [0.2, 0.25) is 0 Å². The lowest BCUT2D eigenvalue weighted by atomic mass is 10.1. The van der Waals surface area contributed by atoms with Gasteiger partial charge in [0, 0.05) is 12.1 Å². The van der Waals surface area contributed by atoms with Crippen LogP contribution < -0.4 is 5.32 Å². The highest BCUT2D eigenvalue weighted by molar-refractivity contribution is 6.21. The van der Waals surface area contributed by atoms with Gasteiger partial charge in [-0.15, -0.1) is 11.6 Å². The zero-order valence-corrected chi connectivity index (χ0v) is 11.0. The lowest BCUT2D eigenvalue weighted by molar-refractivity contribution is 0.0953. The molecule has 0 heterocycles. The molecule has 19 heavy (non-hydrogen) atoms. The van der Waals surface area contributed by atoms with Crippen molar-refractivity contribution in [1.82, 2.24) is 5.32 Å². The van der Waals surface area contributed by atoms with Gasteiger partial charge in [-0.2, -0.15) is 0 Å². The maximum Gasteiger partial charge on any atom is 0.251 e. The third kappa shape index (κ3) is 3.73. The van der Waals surface area contributed by atoms with E-state index in [1.165, 1.54) is 12.1 Å². The molecule has 2 aromatic rings. The highest BCUT2D eigenvalue weighted by atomic mass is 35.5. The number of phenols is 1. The van der Waals surface area contributed by atoms with E-state index in [4.69, 9.17) is 16.7 Å². The summed E-state index contributed by atoms with van der Waals surface area (Å²) in [5.74, 6) is -0.0716. The van der Waals surface area contributed by atoms with E-state index in [0.29, 0.717) is 12.1 Å². The molecule has 1 unspecified atom stereocenters. The number of aromatic hydroxyl groups is 1. The zero-order chi connectivity index (χ0) is 13.7. The number of hydrogen-bond donors (Lipinski definition) is 2. The molecule has 0 saturated carbocycles. The first-order valence-corrected chi connectivity index (χ1v) is 6.36. The van der Waals surface area contributed by atoms with E-state index in [2.05, 4.69) is 5.32 Å². The zero-order valence-electron chi connectivity index (χ0n) is 10.2.